The van der Waals surface area contributed by atoms with E-state index in [2.05, 4.69) is 4.98 Å². The van der Waals surface area contributed by atoms with Crippen LogP contribution in [0.4, 0.5) is 13.2 Å². The number of carboxylic acid groups (broad SMARTS) is 1. The number of nitrogens with zero attached hydrogens (tertiary/aromatic N) is 3. The van der Waals surface area contributed by atoms with Crippen LogP contribution in [-0.2, 0) is 21.0 Å². The molecule has 1 aliphatic heterocycles. The molecular weight excluding hydrogens is 579 g/mol. The molecule has 0 fully saturated rings. The number of thioether (sulfide) groups is 1. The van der Waals surface area contributed by atoms with Gasteiger partial charge in [-0.1, -0.05) is 41.6 Å². The second-order valence-electron chi connectivity index (χ2n) is 8.08. The third-order valence-electron chi connectivity index (χ3n) is 5.52. The zero-order valence-corrected chi connectivity index (χ0v) is 22.0. The number of benzene rings is 1. The van der Waals surface area contributed by atoms with Gasteiger partial charge in [-0.05, 0) is 36.0 Å². The lowest BCUT2D eigenvalue weighted by molar-refractivity contribution is -0.141. The Balaban J connectivity index is 1.86. The molecule has 8 nitrogen and oxygen atoms in total. The van der Waals surface area contributed by atoms with Crippen molar-refractivity contribution in [1.82, 2.24) is 9.29 Å². The van der Waals surface area contributed by atoms with Crippen molar-refractivity contribution in [3.05, 3.63) is 87.2 Å². The Labute approximate surface area is 230 Å². The zero-order valence-electron chi connectivity index (χ0n) is 19.6. The number of carboxylic acids is 1. The van der Waals surface area contributed by atoms with Crippen molar-refractivity contribution in [1.29, 1.82) is 5.26 Å². The Bertz CT molecular complexity index is 1610. The average Bonchev–Trinajstić information content (AvgIpc) is 2.91. The maximum absolute atomic E-state index is 13.8. The van der Waals surface area contributed by atoms with Gasteiger partial charge in [-0.15, -0.1) is 0 Å². The molecule has 0 radical (unpaired) electrons. The number of hydrogen-bond donors (Lipinski definition) is 1. The highest BCUT2D eigenvalue weighted by Gasteiger charge is 2.34. The third-order valence-corrected chi connectivity index (χ3v) is 8.37. The number of aliphatic carboxylic acids is 1. The summed E-state index contributed by atoms with van der Waals surface area (Å²) in [7, 11) is -4.46. The van der Waals surface area contributed by atoms with Gasteiger partial charge in [0, 0.05) is 40.7 Å². The highest BCUT2D eigenvalue weighted by atomic mass is 35.5. The first-order valence-corrected chi connectivity index (χ1v) is 13.7. The van der Waals surface area contributed by atoms with Crippen LogP contribution >= 0.6 is 23.4 Å². The summed E-state index contributed by atoms with van der Waals surface area (Å²) in [6.45, 7) is -0.893. The first kappa shape index (κ1) is 28.3. The molecule has 1 aliphatic carbocycles. The van der Waals surface area contributed by atoms with E-state index in [1.165, 1.54) is 24.2 Å². The number of rotatable bonds is 7. The number of ether oxygens (including phenoxy) is 1. The van der Waals surface area contributed by atoms with E-state index in [-0.39, 0.29) is 16.1 Å². The van der Waals surface area contributed by atoms with Crippen LogP contribution in [0.1, 0.15) is 24.1 Å². The molecular formula is C25H17ClF3N3O5S2. The van der Waals surface area contributed by atoms with Crippen molar-refractivity contribution in [3.8, 4) is 22.9 Å². The van der Waals surface area contributed by atoms with Gasteiger partial charge < -0.3 is 9.84 Å². The van der Waals surface area contributed by atoms with Gasteiger partial charge in [0.15, 0.2) is 6.61 Å². The summed E-state index contributed by atoms with van der Waals surface area (Å²) in [5, 5.41) is 19.9. The number of aromatic nitrogens is 1. The lowest BCUT2D eigenvalue weighted by atomic mass is 10.0. The van der Waals surface area contributed by atoms with E-state index >= 15 is 0 Å². The molecule has 0 amide bonds. The lowest BCUT2D eigenvalue weighted by Gasteiger charge is -2.24. The lowest BCUT2D eigenvalue weighted by Crippen LogP contribution is -2.24. The quantitative estimate of drug-likeness (QED) is 0.409. The summed E-state index contributed by atoms with van der Waals surface area (Å²) in [6, 6.07) is 4.23. The molecule has 0 bridgehead atoms. The molecule has 4 rings (SSSR count). The molecule has 202 valence electrons. The first-order chi connectivity index (χ1) is 18.4. The summed E-state index contributed by atoms with van der Waals surface area (Å²) in [6.07, 6.45) is 5.86. The van der Waals surface area contributed by atoms with E-state index in [1.807, 2.05) is 18.2 Å². The van der Waals surface area contributed by atoms with Crippen molar-refractivity contribution in [2.24, 2.45) is 0 Å². The number of pyridine rings is 1. The molecule has 0 unspecified atom stereocenters. The number of hydrogen-bond acceptors (Lipinski definition) is 7. The van der Waals surface area contributed by atoms with Crippen LogP contribution < -0.4 is 4.74 Å². The van der Waals surface area contributed by atoms with Crippen LogP contribution in [-0.4, -0.2) is 35.4 Å². The Morgan fingerprint density at radius 2 is 2.05 bits per heavy atom. The Morgan fingerprint density at radius 1 is 1.28 bits per heavy atom. The topological polar surface area (TPSA) is 121 Å². The van der Waals surface area contributed by atoms with Crippen LogP contribution in [0.5, 0.6) is 5.75 Å². The van der Waals surface area contributed by atoms with Gasteiger partial charge in [-0.2, -0.15) is 18.4 Å². The molecule has 1 N–H and O–H groups in total. The monoisotopic (exact) mass is 595 g/mol. The van der Waals surface area contributed by atoms with Gasteiger partial charge in [-0.25, -0.2) is 17.5 Å². The van der Waals surface area contributed by atoms with E-state index in [1.54, 1.807) is 11.5 Å². The summed E-state index contributed by atoms with van der Waals surface area (Å²) in [4.78, 5) is 14.7. The maximum atomic E-state index is 13.8. The Hall–Kier alpha value is -3.73. The average molecular weight is 596 g/mol. The molecule has 1 aromatic carbocycles. The number of allylic oxidation sites excluding steroid dienone is 4. The zero-order chi connectivity index (χ0) is 28.4. The minimum absolute atomic E-state index is 0.115. The Morgan fingerprint density at radius 3 is 2.69 bits per heavy atom. The van der Waals surface area contributed by atoms with Crippen LogP contribution in [0.3, 0.4) is 0 Å². The van der Waals surface area contributed by atoms with Crippen LogP contribution in [0, 0.1) is 11.3 Å². The SMILES string of the molecule is N#Cc1cc(C(F)(F)F)ncc1-c1cc(S(=O)(=O)N2C=CSC(C3=CC=CCC3)=C2)c(OCC(=O)O)cc1Cl. The van der Waals surface area contributed by atoms with E-state index < -0.39 is 50.7 Å². The highest BCUT2D eigenvalue weighted by molar-refractivity contribution is 8.06. The maximum Gasteiger partial charge on any atom is 0.433 e. The fourth-order valence-corrected chi connectivity index (χ4v) is 6.26. The fraction of sp³-hybridized carbons (Fsp3) is 0.160. The van der Waals surface area contributed by atoms with E-state index in [0.717, 1.165) is 34.6 Å². The number of carbonyl (C=O) groups is 1. The smallest absolute Gasteiger partial charge is 0.433 e. The molecule has 0 saturated carbocycles. The second-order valence-corrected chi connectivity index (χ2v) is 11.2. The number of halogens is 4. The van der Waals surface area contributed by atoms with Crippen molar-refractivity contribution >= 4 is 39.4 Å². The largest absolute Gasteiger partial charge is 0.480 e. The minimum Gasteiger partial charge on any atom is -0.480 e. The molecule has 2 heterocycles. The summed E-state index contributed by atoms with van der Waals surface area (Å²) < 4.78 is 73.2. The van der Waals surface area contributed by atoms with Gasteiger partial charge in [0.2, 0.25) is 0 Å². The third kappa shape index (κ3) is 6.13. The van der Waals surface area contributed by atoms with Crippen LogP contribution in [0.25, 0.3) is 11.1 Å². The van der Waals surface area contributed by atoms with Crippen molar-refractivity contribution in [3.63, 3.8) is 0 Å². The Kier molecular flexibility index (Phi) is 8.10. The van der Waals surface area contributed by atoms with Crippen LogP contribution in [0.2, 0.25) is 5.02 Å². The summed E-state index contributed by atoms with van der Waals surface area (Å²) >= 11 is 7.65. The highest BCUT2D eigenvalue weighted by Crippen LogP contribution is 2.41. The predicted molar refractivity (Wildman–Crippen MR) is 138 cm³/mol. The van der Waals surface area contributed by atoms with Gasteiger partial charge >= 0.3 is 12.1 Å². The summed E-state index contributed by atoms with van der Waals surface area (Å²) in [5.41, 5.74) is -1.11. The van der Waals surface area contributed by atoms with Gasteiger partial charge in [0.25, 0.3) is 10.0 Å². The molecule has 1 aromatic heterocycles. The second kappa shape index (κ2) is 11.2. The number of alkyl halides is 3. The molecule has 0 spiro atoms. The fourth-order valence-electron chi connectivity index (χ4n) is 3.70. The first-order valence-electron chi connectivity index (χ1n) is 11.0. The molecule has 2 aromatic rings. The standard InChI is InChI=1S/C25H17ClF3N3O5S2/c26-19-10-20(37-14-24(33)34)22(9-17(19)18-12-31-23(25(27,28)29)8-16(18)11-30)39(35,36)32-6-7-38-21(13-32)15-4-2-1-3-5-15/h1-2,4,6-10,12-13H,3,5,14H2,(H,33,34). The van der Waals surface area contributed by atoms with Crippen LogP contribution in [0.15, 0.2) is 75.8 Å². The minimum atomic E-state index is -4.82. The molecule has 14 heteroatoms. The predicted octanol–water partition coefficient (Wildman–Crippen LogP) is 6.08. The van der Waals surface area contributed by atoms with Crippen molar-refractivity contribution in [2.75, 3.05) is 6.61 Å². The normalized spacial score (nSPS) is 15.4. The molecule has 0 atom stereocenters. The van der Waals surface area contributed by atoms with Crippen molar-refractivity contribution < 1.29 is 36.2 Å². The van der Waals surface area contributed by atoms with E-state index in [9.17, 15) is 31.6 Å². The van der Waals surface area contributed by atoms with Gasteiger partial charge in [0.1, 0.15) is 16.3 Å². The summed E-state index contributed by atoms with van der Waals surface area (Å²) in [5.74, 6) is -1.78. The molecule has 39 heavy (non-hydrogen) atoms. The van der Waals surface area contributed by atoms with E-state index in [4.69, 9.17) is 21.4 Å². The molecule has 0 saturated heterocycles. The number of nitriles is 1. The van der Waals surface area contributed by atoms with E-state index in [0.29, 0.717) is 17.4 Å². The van der Waals surface area contributed by atoms with Crippen molar-refractivity contribution in [2.45, 2.75) is 23.9 Å². The number of sulfonamides is 1. The molecule has 2 aliphatic rings. The van der Waals surface area contributed by atoms with Gasteiger partial charge in [-0.3, -0.25) is 4.98 Å². The van der Waals surface area contributed by atoms with Gasteiger partial charge in [0.05, 0.1) is 16.7 Å².